The van der Waals surface area contributed by atoms with Crippen molar-refractivity contribution >= 4 is 34.5 Å². The van der Waals surface area contributed by atoms with E-state index < -0.39 is 0 Å². The van der Waals surface area contributed by atoms with Crippen molar-refractivity contribution in [3.05, 3.63) is 32.5 Å². The summed E-state index contributed by atoms with van der Waals surface area (Å²) in [6.07, 6.45) is 0.809. The summed E-state index contributed by atoms with van der Waals surface area (Å²) in [4.78, 5) is 1.15. The van der Waals surface area contributed by atoms with Crippen LogP contribution in [0.2, 0.25) is 9.62 Å². The molecular weight excluding hydrogens is 265 g/mol. The minimum absolute atomic E-state index is 0.120. The van der Waals surface area contributed by atoms with Gasteiger partial charge in [0.15, 0.2) is 0 Å². The molecule has 0 amide bonds. The maximum Gasteiger partial charge on any atom is 0.225 e. The van der Waals surface area contributed by atoms with Crippen LogP contribution in [0, 0.1) is 0 Å². The molecule has 0 saturated carbocycles. The van der Waals surface area contributed by atoms with E-state index in [1.54, 1.807) is 11.3 Å². The van der Waals surface area contributed by atoms with Crippen molar-refractivity contribution in [3.8, 4) is 0 Å². The van der Waals surface area contributed by atoms with Crippen molar-refractivity contribution in [3.63, 3.8) is 0 Å². The van der Waals surface area contributed by atoms with Crippen LogP contribution in [0.1, 0.15) is 30.6 Å². The predicted molar refractivity (Wildman–Crippen MR) is 67.6 cm³/mol. The number of hydrogen-bond acceptors (Lipinski definition) is 3. The van der Waals surface area contributed by atoms with Gasteiger partial charge in [-0.3, -0.25) is 4.57 Å². The Morgan fingerprint density at radius 2 is 2.12 bits per heavy atom. The molecule has 0 aromatic carbocycles. The van der Waals surface area contributed by atoms with Crippen LogP contribution < -0.4 is 0 Å². The monoisotopic (exact) mass is 275 g/mol. The Kier molecular flexibility index (Phi) is 3.52. The third-order valence-electron chi connectivity index (χ3n) is 2.43. The van der Waals surface area contributed by atoms with Crippen LogP contribution >= 0.6 is 34.5 Å². The lowest BCUT2D eigenvalue weighted by Gasteiger charge is -2.14. The summed E-state index contributed by atoms with van der Waals surface area (Å²) < 4.78 is 2.72. The summed E-state index contributed by atoms with van der Waals surface area (Å²) >= 11 is 13.5. The zero-order valence-corrected chi connectivity index (χ0v) is 11.3. The third kappa shape index (κ3) is 2.10. The normalized spacial score (nSPS) is 13.0. The van der Waals surface area contributed by atoms with E-state index in [2.05, 4.69) is 17.1 Å². The van der Waals surface area contributed by atoms with E-state index in [1.807, 2.05) is 23.6 Å². The van der Waals surface area contributed by atoms with Gasteiger partial charge in [-0.1, -0.05) is 18.5 Å². The van der Waals surface area contributed by atoms with Gasteiger partial charge in [0.2, 0.25) is 5.28 Å². The largest absolute Gasteiger partial charge is 0.294 e. The van der Waals surface area contributed by atoms with Crippen LogP contribution in [0.25, 0.3) is 0 Å². The molecule has 1 atom stereocenters. The van der Waals surface area contributed by atoms with Crippen LogP contribution in [0.3, 0.4) is 0 Å². The maximum atomic E-state index is 6.04. The van der Waals surface area contributed by atoms with Crippen LogP contribution in [0.15, 0.2) is 12.1 Å². The molecule has 6 heteroatoms. The fourth-order valence-electron chi connectivity index (χ4n) is 1.61. The van der Waals surface area contributed by atoms with E-state index >= 15 is 0 Å². The topological polar surface area (TPSA) is 30.7 Å². The maximum absolute atomic E-state index is 6.04. The van der Waals surface area contributed by atoms with Gasteiger partial charge in [-0.25, -0.2) is 0 Å². The van der Waals surface area contributed by atoms with Gasteiger partial charge in [0, 0.05) is 11.3 Å². The average Bonchev–Trinajstić information content (AvgIpc) is 2.83. The van der Waals surface area contributed by atoms with Gasteiger partial charge in [0.1, 0.15) is 5.82 Å². The molecule has 0 aliphatic carbocycles. The first kappa shape index (κ1) is 11.9. The van der Waals surface area contributed by atoms with Gasteiger partial charge in [-0.05, 0) is 30.7 Å². The van der Waals surface area contributed by atoms with Crippen molar-refractivity contribution in [2.75, 3.05) is 0 Å². The molecule has 3 nitrogen and oxygen atoms in total. The molecule has 0 N–H and O–H groups in total. The molecule has 0 aliphatic rings. The summed E-state index contributed by atoms with van der Waals surface area (Å²) in [5, 5.41) is 8.36. The molecule has 0 saturated heterocycles. The van der Waals surface area contributed by atoms with E-state index in [9.17, 15) is 0 Å². The molecule has 2 aromatic rings. The van der Waals surface area contributed by atoms with Crippen molar-refractivity contribution in [2.24, 2.45) is 0 Å². The molecule has 0 radical (unpaired) electrons. The van der Waals surface area contributed by atoms with E-state index in [0.717, 1.165) is 21.5 Å². The Morgan fingerprint density at radius 3 is 2.69 bits per heavy atom. The fraction of sp³-hybridized carbons (Fsp3) is 0.400. The lowest BCUT2D eigenvalue weighted by atomic mass is 10.2. The highest BCUT2D eigenvalue weighted by molar-refractivity contribution is 7.16. The Bertz CT molecular complexity index is 492. The second kappa shape index (κ2) is 4.73. The Balaban J connectivity index is 2.40. The van der Waals surface area contributed by atoms with Gasteiger partial charge in [0.05, 0.1) is 10.4 Å². The molecule has 2 aromatic heterocycles. The lowest BCUT2D eigenvalue weighted by Crippen LogP contribution is -2.09. The predicted octanol–water partition coefficient (Wildman–Crippen LogP) is 3.82. The molecule has 0 bridgehead atoms. The zero-order chi connectivity index (χ0) is 11.7. The number of aryl methyl sites for hydroxylation is 1. The van der Waals surface area contributed by atoms with E-state index in [1.165, 1.54) is 0 Å². The van der Waals surface area contributed by atoms with Gasteiger partial charge in [0.25, 0.3) is 0 Å². The van der Waals surface area contributed by atoms with Gasteiger partial charge in [-0.2, -0.15) is 0 Å². The highest BCUT2D eigenvalue weighted by Gasteiger charge is 2.17. The minimum atomic E-state index is 0.120. The van der Waals surface area contributed by atoms with Crippen molar-refractivity contribution in [1.82, 2.24) is 14.8 Å². The first-order valence-corrected chi connectivity index (χ1v) is 6.55. The summed E-state index contributed by atoms with van der Waals surface area (Å²) in [6.45, 7) is 4.10. The molecule has 0 aliphatic heterocycles. The van der Waals surface area contributed by atoms with E-state index in [0.29, 0.717) is 5.28 Å². The smallest absolute Gasteiger partial charge is 0.225 e. The quantitative estimate of drug-likeness (QED) is 0.853. The first-order valence-electron chi connectivity index (χ1n) is 4.98. The molecule has 86 valence electrons. The molecule has 0 spiro atoms. The number of halogens is 2. The number of thiophene rings is 1. The van der Waals surface area contributed by atoms with Gasteiger partial charge < -0.3 is 0 Å². The third-order valence-corrected chi connectivity index (χ3v) is 4.09. The van der Waals surface area contributed by atoms with Crippen molar-refractivity contribution in [1.29, 1.82) is 0 Å². The summed E-state index contributed by atoms with van der Waals surface area (Å²) in [5.41, 5.74) is 0. The molecule has 1 unspecified atom stereocenters. The molecule has 16 heavy (non-hydrogen) atoms. The van der Waals surface area contributed by atoms with E-state index in [-0.39, 0.29) is 6.04 Å². The van der Waals surface area contributed by atoms with Gasteiger partial charge >= 0.3 is 0 Å². The lowest BCUT2D eigenvalue weighted by molar-refractivity contribution is 0.615. The number of aromatic nitrogens is 3. The standard InChI is InChI=1S/C10H11Cl2N3S/c1-3-9-13-14-10(12)15(9)6(2)7-4-5-8(11)16-7/h4-6H,3H2,1-2H3. The molecular formula is C10H11Cl2N3S. The highest BCUT2D eigenvalue weighted by Crippen LogP contribution is 2.31. The van der Waals surface area contributed by atoms with Crippen LogP contribution in [-0.2, 0) is 6.42 Å². The Labute approximate surface area is 108 Å². The molecule has 0 fully saturated rings. The van der Waals surface area contributed by atoms with Crippen LogP contribution in [-0.4, -0.2) is 14.8 Å². The van der Waals surface area contributed by atoms with E-state index in [4.69, 9.17) is 23.2 Å². The number of rotatable bonds is 3. The summed E-state index contributed by atoms with van der Waals surface area (Å²) in [7, 11) is 0. The Hall–Kier alpha value is -0.580. The SMILES string of the molecule is CCc1nnc(Cl)n1C(C)c1ccc(Cl)s1. The first-order chi connectivity index (χ1) is 7.63. The molecule has 2 heterocycles. The zero-order valence-electron chi connectivity index (χ0n) is 8.94. The second-order valence-corrected chi connectivity index (χ2v) is 5.51. The van der Waals surface area contributed by atoms with Crippen LogP contribution in [0.5, 0.6) is 0 Å². The molecule has 2 rings (SSSR count). The second-order valence-electron chi connectivity index (χ2n) is 3.43. The van der Waals surface area contributed by atoms with Gasteiger partial charge in [-0.15, -0.1) is 21.5 Å². The number of nitrogens with zero attached hydrogens (tertiary/aromatic N) is 3. The minimum Gasteiger partial charge on any atom is -0.294 e. The summed E-state index contributed by atoms with van der Waals surface area (Å²) in [6, 6.07) is 4.02. The number of hydrogen-bond donors (Lipinski definition) is 0. The van der Waals surface area contributed by atoms with Crippen molar-refractivity contribution < 1.29 is 0 Å². The average molecular weight is 276 g/mol. The highest BCUT2D eigenvalue weighted by atomic mass is 35.5. The van der Waals surface area contributed by atoms with Crippen molar-refractivity contribution in [2.45, 2.75) is 26.3 Å². The Morgan fingerprint density at radius 1 is 1.38 bits per heavy atom. The fourth-order valence-corrected chi connectivity index (χ4v) is 2.99. The van der Waals surface area contributed by atoms with Crippen LogP contribution in [0.4, 0.5) is 0 Å². The summed E-state index contributed by atoms with van der Waals surface area (Å²) in [5.74, 6) is 0.891.